The zero-order chi connectivity index (χ0) is 19.4. The summed E-state index contributed by atoms with van der Waals surface area (Å²) in [5, 5.41) is 8.57. The van der Waals surface area contributed by atoms with E-state index in [0.29, 0.717) is 0 Å². The number of amides is 1. The Morgan fingerprint density at radius 3 is 2.63 bits per heavy atom. The largest absolute Gasteiger partial charge is 0.348 e. The number of hydrogen-bond acceptors (Lipinski definition) is 6. The molecule has 3 rings (SSSR count). The average Bonchev–Trinajstić information content (AvgIpc) is 3.35. The molecule has 2 aromatic heterocycles. The number of carbonyl (C=O) groups is 1. The topological polar surface area (TPSA) is 97.2 Å². The molecule has 2 heterocycles. The van der Waals surface area contributed by atoms with Gasteiger partial charge in [-0.05, 0) is 36.1 Å². The molecule has 3 aromatic rings. The third-order valence-corrected chi connectivity index (χ3v) is 7.16. The second kappa shape index (κ2) is 7.99. The van der Waals surface area contributed by atoms with Crippen LogP contribution >= 0.6 is 11.3 Å². The predicted molar refractivity (Wildman–Crippen MR) is 102 cm³/mol. The quantitative estimate of drug-likeness (QED) is 0.647. The van der Waals surface area contributed by atoms with Crippen molar-refractivity contribution in [2.75, 3.05) is 13.6 Å². The SMILES string of the molecule is C[C@@H](NC(=O)CN(C)S(=O)(=O)c1cccs1)c1ccc(-n2cncn2)cc1. The Kier molecular flexibility index (Phi) is 5.68. The number of sulfonamides is 1. The molecule has 0 saturated carbocycles. The Hall–Kier alpha value is -2.56. The van der Waals surface area contributed by atoms with Crippen molar-refractivity contribution < 1.29 is 13.2 Å². The summed E-state index contributed by atoms with van der Waals surface area (Å²) in [6, 6.07) is 10.4. The van der Waals surface area contributed by atoms with E-state index in [9.17, 15) is 13.2 Å². The molecule has 1 amide bonds. The molecule has 0 aliphatic heterocycles. The molecule has 0 aliphatic carbocycles. The van der Waals surface area contributed by atoms with Crippen LogP contribution in [0.5, 0.6) is 0 Å². The molecule has 27 heavy (non-hydrogen) atoms. The van der Waals surface area contributed by atoms with Gasteiger partial charge in [0.1, 0.15) is 16.9 Å². The predicted octanol–water partition coefficient (Wildman–Crippen LogP) is 1.83. The van der Waals surface area contributed by atoms with Crippen LogP contribution in [-0.4, -0.2) is 47.0 Å². The van der Waals surface area contributed by atoms with Crippen LogP contribution in [0.3, 0.4) is 0 Å². The summed E-state index contributed by atoms with van der Waals surface area (Å²) < 4.78 is 27.7. The van der Waals surface area contributed by atoms with Crippen molar-refractivity contribution >= 4 is 27.3 Å². The minimum absolute atomic E-state index is 0.217. The van der Waals surface area contributed by atoms with Gasteiger partial charge in [-0.1, -0.05) is 18.2 Å². The smallest absolute Gasteiger partial charge is 0.252 e. The maximum absolute atomic E-state index is 12.4. The highest BCUT2D eigenvalue weighted by Crippen LogP contribution is 2.20. The Morgan fingerprint density at radius 2 is 2.04 bits per heavy atom. The van der Waals surface area contributed by atoms with Crippen LogP contribution in [0.15, 0.2) is 58.6 Å². The van der Waals surface area contributed by atoms with Crippen LogP contribution in [0.2, 0.25) is 0 Å². The van der Waals surface area contributed by atoms with Crippen molar-refractivity contribution in [3.8, 4) is 5.69 Å². The van der Waals surface area contributed by atoms with Crippen molar-refractivity contribution in [3.63, 3.8) is 0 Å². The number of aromatic nitrogens is 3. The van der Waals surface area contributed by atoms with Gasteiger partial charge in [-0.25, -0.2) is 18.1 Å². The first-order valence-corrected chi connectivity index (χ1v) is 10.4. The van der Waals surface area contributed by atoms with Gasteiger partial charge >= 0.3 is 0 Å². The number of thiophene rings is 1. The fourth-order valence-electron chi connectivity index (χ4n) is 2.48. The highest BCUT2D eigenvalue weighted by molar-refractivity contribution is 7.91. The van der Waals surface area contributed by atoms with E-state index in [1.165, 1.54) is 19.4 Å². The first-order valence-electron chi connectivity index (χ1n) is 8.12. The second-order valence-corrected chi connectivity index (χ2v) is 9.13. The third kappa shape index (κ3) is 4.41. The number of nitrogens with zero attached hydrogens (tertiary/aromatic N) is 4. The van der Waals surface area contributed by atoms with Crippen LogP contribution in [0.25, 0.3) is 5.69 Å². The molecule has 0 aliphatic rings. The van der Waals surface area contributed by atoms with E-state index in [2.05, 4.69) is 15.4 Å². The van der Waals surface area contributed by atoms with Gasteiger partial charge in [0, 0.05) is 7.05 Å². The minimum atomic E-state index is -3.65. The molecule has 0 bridgehead atoms. The first kappa shape index (κ1) is 19.2. The molecule has 8 nitrogen and oxygen atoms in total. The maximum atomic E-state index is 12.4. The summed E-state index contributed by atoms with van der Waals surface area (Å²) >= 11 is 1.12. The van der Waals surface area contributed by atoms with Gasteiger partial charge in [-0.15, -0.1) is 11.3 Å². The van der Waals surface area contributed by atoms with Crippen molar-refractivity contribution in [3.05, 3.63) is 60.0 Å². The monoisotopic (exact) mass is 405 g/mol. The highest BCUT2D eigenvalue weighted by atomic mass is 32.2. The van der Waals surface area contributed by atoms with E-state index in [1.807, 2.05) is 31.2 Å². The molecule has 1 aromatic carbocycles. The molecule has 0 fully saturated rings. The molecule has 10 heteroatoms. The normalized spacial score (nSPS) is 12.9. The van der Waals surface area contributed by atoms with Crippen LogP contribution in [0.1, 0.15) is 18.5 Å². The van der Waals surface area contributed by atoms with Gasteiger partial charge in [0.25, 0.3) is 10.0 Å². The number of carbonyl (C=O) groups excluding carboxylic acids is 1. The lowest BCUT2D eigenvalue weighted by Gasteiger charge is -2.19. The number of hydrogen-bond donors (Lipinski definition) is 1. The molecule has 1 atom stereocenters. The van der Waals surface area contributed by atoms with Crippen molar-refractivity contribution in [2.45, 2.75) is 17.2 Å². The fraction of sp³-hybridized carbons (Fsp3) is 0.235. The second-order valence-electron chi connectivity index (χ2n) is 5.91. The lowest BCUT2D eigenvalue weighted by atomic mass is 10.1. The van der Waals surface area contributed by atoms with Crippen molar-refractivity contribution in [2.24, 2.45) is 0 Å². The van der Waals surface area contributed by atoms with Crippen molar-refractivity contribution in [1.82, 2.24) is 24.4 Å². The van der Waals surface area contributed by atoms with Gasteiger partial charge < -0.3 is 5.32 Å². The third-order valence-electron chi connectivity index (χ3n) is 3.98. The van der Waals surface area contributed by atoms with Crippen LogP contribution in [0.4, 0.5) is 0 Å². The van der Waals surface area contributed by atoms with Gasteiger partial charge in [0.05, 0.1) is 18.3 Å². The average molecular weight is 406 g/mol. The van der Waals surface area contributed by atoms with Crippen LogP contribution < -0.4 is 5.32 Å². The lowest BCUT2D eigenvalue weighted by molar-refractivity contribution is -0.121. The summed E-state index contributed by atoms with van der Waals surface area (Å²) in [7, 11) is -2.25. The van der Waals surface area contributed by atoms with Gasteiger partial charge in [-0.3, -0.25) is 4.79 Å². The Balaban J connectivity index is 1.60. The molecular formula is C17H19N5O3S2. The van der Waals surface area contributed by atoms with E-state index >= 15 is 0 Å². The van der Waals surface area contributed by atoms with Gasteiger partial charge in [0.15, 0.2) is 0 Å². The summed E-state index contributed by atoms with van der Waals surface area (Å²) in [5.41, 5.74) is 1.76. The molecule has 0 unspecified atom stereocenters. The number of nitrogens with one attached hydrogen (secondary N) is 1. The first-order chi connectivity index (χ1) is 12.9. The molecule has 0 saturated heterocycles. The number of benzene rings is 1. The summed E-state index contributed by atoms with van der Waals surface area (Å²) in [5.74, 6) is -0.370. The van der Waals surface area contributed by atoms with Gasteiger partial charge in [-0.2, -0.15) is 9.40 Å². The Bertz CT molecular complexity index is 984. The Labute approximate surface area is 161 Å². The zero-order valence-electron chi connectivity index (χ0n) is 14.8. The minimum Gasteiger partial charge on any atom is -0.348 e. The van der Waals surface area contributed by atoms with E-state index < -0.39 is 10.0 Å². The van der Waals surface area contributed by atoms with E-state index in [1.54, 1.807) is 22.5 Å². The van der Waals surface area contributed by atoms with Crippen LogP contribution in [-0.2, 0) is 14.8 Å². The van der Waals surface area contributed by atoms with E-state index in [4.69, 9.17) is 0 Å². The standard InChI is InChI=1S/C17H19N5O3S2/c1-13(14-5-7-15(8-6-14)22-12-18-11-19-22)20-16(23)10-21(2)27(24,25)17-4-3-9-26-17/h3-9,11-13H,10H2,1-2H3,(H,20,23)/t13-/m1/s1. The number of likely N-dealkylation sites (N-methyl/N-ethyl adjacent to an activating group) is 1. The lowest BCUT2D eigenvalue weighted by Crippen LogP contribution is -2.39. The molecular weight excluding hydrogens is 386 g/mol. The zero-order valence-corrected chi connectivity index (χ0v) is 16.4. The summed E-state index contributed by atoms with van der Waals surface area (Å²) in [6.07, 6.45) is 3.06. The van der Waals surface area contributed by atoms with Crippen molar-refractivity contribution in [1.29, 1.82) is 0 Å². The molecule has 0 radical (unpaired) electrons. The van der Waals surface area contributed by atoms with Crippen LogP contribution in [0, 0.1) is 0 Å². The van der Waals surface area contributed by atoms with Gasteiger partial charge in [0.2, 0.25) is 5.91 Å². The summed E-state index contributed by atoms with van der Waals surface area (Å²) in [6.45, 7) is 1.59. The van der Waals surface area contributed by atoms with E-state index in [0.717, 1.165) is 26.9 Å². The molecule has 142 valence electrons. The maximum Gasteiger partial charge on any atom is 0.252 e. The fourth-order valence-corrected chi connectivity index (χ4v) is 4.81. The molecule has 1 N–H and O–H groups in total. The Morgan fingerprint density at radius 1 is 1.30 bits per heavy atom. The van der Waals surface area contributed by atoms with E-state index in [-0.39, 0.29) is 22.7 Å². The molecule has 0 spiro atoms. The highest BCUT2D eigenvalue weighted by Gasteiger charge is 2.24. The number of rotatable bonds is 7. The summed E-state index contributed by atoms with van der Waals surface area (Å²) in [4.78, 5) is 16.2.